The minimum Gasteiger partial charge on any atom is -0.381 e. The fourth-order valence-corrected chi connectivity index (χ4v) is 5.54. The number of hydrogen-bond acceptors (Lipinski definition) is 4. The van der Waals surface area contributed by atoms with Gasteiger partial charge in [-0.25, -0.2) is 13.2 Å². The molecule has 0 spiro atoms. The second-order valence-electron chi connectivity index (χ2n) is 9.37. The molecule has 1 saturated heterocycles. The average Bonchev–Trinajstić information content (AvgIpc) is 2.71. The Hall–Kier alpha value is -1.35. The molecule has 1 heterocycles. The van der Waals surface area contributed by atoms with Gasteiger partial charge in [0.05, 0.1) is 18.1 Å². The second kappa shape index (κ2) is 10.1. The Morgan fingerprint density at radius 1 is 0.774 bits per heavy atom. The van der Waals surface area contributed by atoms with Crippen LogP contribution >= 0.6 is 0 Å². The van der Waals surface area contributed by atoms with Gasteiger partial charge in [0.1, 0.15) is 24.4 Å². The first-order valence-corrected chi connectivity index (χ1v) is 11.3. The van der Waals surface area contributed by atoms with Crippen LogP contribution in [0.3, 0.4) is 0 Å². The molecule has 7 atom stereocenters. The molecule has 9 heteroatoms. The highest BCUT2D eigenvalue weighted by molar-refractivity contribution is 5.83. The van der Waals surface area contributed by atoms with E-state index in [4.69, 9.17) is 9.47 Å². The maximum absolute atomic E-state index is 14.7. The van der Waals surface area contributed by atoms with Gasteiger partial charge in [0.2, 0.25) is 11.8 Å². The molecule has 178 valence electrons. The number of alkyl halides is 3. The van der Waals surface area contributed by atoms with E-state index < -0.39 is 54.4 Å². The van der Waals surface area contributed by atoms with E-state index in [1.165, 1.54) is 12.0 Å². The predicted octanol–water partition coefficient (Wildman–Crippen LogP) is 2.69. The Kier molecular flexibility index (Phi) is 7.89. The molecule has 31 heavy (non-hydrogen) atoms. The zero-order valence-electron chi connectivity index (χ0n) is 18.8. The third-order valence-corrected chi connectivity index (χ3v) is 7.23. The molecular weight excluding hydrogens is 413 g/mol. The maximum Gasteiger partial charge on any atom is 0.232 e. The number of carbonyl (C=O) groups excluding carboxylic acids is 2. The zero-order chi connectivity index (χ0) is 22.9. The summed E-state index contributed by atoms with van der Waals surface area (Å²) < 4.78 is 54.2. The Bertz CT molecular complexity index is 630. The molecule has 0 aromatic carbocycles. The van der Waals surface area contributed by atoms with Crippen molar-refractivity contribution in [2.45, 2.75) is 88.8 Å². The molecule has 5 unspecified atom stereocenters. The second-order valence-corrected chi connectivity index (χ2v) is 9.37. The Balaban J connectivity index is 1.64. The van der Waals surface area contributed by atoms with Gasteiger partial charge >= 0.3 is 0 Å². The number of piperazine rings is 1. The highest BCUT2D eigenvalue weighted by atomic mass is 19.1. The Labute approximate surface area is 182 Å². The van der Waals surface area contributed by atoms with Crippen molar-refractivity contribution in [3.05, 3.63) is 0 Å². The van der Waals surface area contributed by atoms with E-state index in [9.17, 15) is 22.8 Å². The van der Waals surface area contributed by atoms with Crippen molar-refractivity contribution < 1.29 is 32.2 Å². The van der Waals surface area contributed by atoms with Crippen molar-refractivity contribution in [2.75, 3.05) is 27.3 Å². The number of carbonyl (C=O) groups is 2. The lowest BCUT2D eigenvalue weighted by molar-refractivity contribution is -0.158. The molecule has 0 aromatic rings. The number of ether oxygens (including phenoxy) is 2. The first kappa shape index (κ1) is 24.3. The van der Waals surface area contributed by atoms with Crippen LogP contribution in [0.5, 0.6) is 0 Å². The topological polar surface area (TPSA) is 59.1 Å². The van der Waals surface area contributed by atoms with E-state index >= 15 is 0 Å². The summed E-state index contributed by atoms with van der Waals surface area (Å²) in [5.74, 6) is -2.85. The van der Waals surface area contributed by atoms with Crippen molar-refractivity contribution >= 4 is 11.8 Å². The molecule has 1 aliphatic heterocycles. The van der Waals surface area contributed by atoms with Crippen LogP contribution in [-0.2, 0) is 19.1 Å². The van der Waals surface area contributed by atoms with Crippen molar-refractivity contribution in [2.24, 2.45) is 11.8 Å². The third kappa shape index (κ3) is 5.02. The van der Waals surface area contributed by atoms with E-state index in [-0.39, 0.29) is 44.4 Å². The van der Waals surface area contributed by atoms with Crippen LogP contribution in [0.15, 0.2) is 0 Å². The first-order chi connectivity index (χ1) is 14.7. The molecule has 0 radical (unpaired) electrons. The molecule has 0 bridgehead atoms. The number of halogens is 3. The molecule has 2 aliphatic carbocycles. The summed E-state index contributed by atoms with van der Waals surface area (Å²) in [7, 11) is 2.96. The van der Waals surface area contributed by atoms with Crippen LogP contribution in [0.1, 0.15) is 46.0 Å². The van der Waals surface area contributed by atoms with Gasteiger partial charge in [0.25, 0.3) is 0 Å². The highest BCUT2D eigenvalue weighted by Gasteiger charge is 2.48. The summed E-state index contributed by atoms with van der Waals surface area (Å²) in [6.07, 6.45) is -3.91. The number of rotatable bonds is 4. The molecule has 3 rings (SSSR count). The lowest BCUT2D eigenvalue weighted by Gasteiger charge is -2.48. The van der Waals surface area contributed by atoms with Crippen LogP contribution in [0.4, 0.5) is 13.2 Å². The quantitative estimate of drug-likeness (QED) is 0.664. The highest BCUT2D eigenvalue weighted by Crippen LogP contribution is 2.35. The predicted molar refractivity (Wildman–Crippen MR) is 109 cm³/mol. The van der Waals surface area contributed by atoms with Crippen LogP contribution in [0.2, 0.25) is 0 Å². The lowest BCUT2D eigenvalue weighted by atomic mass is 9.82. The number of hydrogen-bond donors (Lipinski definition) is 0. The van der Waals surface area contributed by atoms with Gasteiger partial charge in [-0.3, -0.25) is 9.59 Å². The van der Waals surface area contributed by atoms with Gasteiger partial charge in [0.15, 0.2) is 0 Å². The molecular formula is C22H35F3N2O4. The van der Waals surface area contributed by atoms with Crippen LogP contribution in [0.25, 0.3) is 0 Å². The van der Waals surface area contributed by atoms with E-state index in [0.29, 0.717) is 12.8 Å². The summed E-state index contributed by atoms with van der Waals surface area (Å²) in [6, 6.07) is -0.818. The van der Waals surface area contributed by atoms with Gasteiger partial charge in [-0.15, -0.1) is 0 Å². The molecule has 6 nitrogen and oxygen atoms in total. The standard InChI is InChI=1S/C22H35F3N2O4/c1-12-10-26(21(28)16-6-5-14(30-3)7-17(16)23)11-13(2)27(12)22(29)20-18(24)8-15(31-4)9-19(20)25/h12-20H,5-11H2,1-4H3/t12-,13-,14?,15?,16?,17?,18?,19?,20?/m1/s1. The van der Waals surface area contributed by atoms with Crippen LogP contribution in [0, 0.1) is 11.8 Å². The Morgan fingerprint density at radius 3 is 1.77 bits per heavy atom. The van der Waals surface area contributed by atoms with Gasteiger partial charge in [-0.2, -0.15) is 0 Å². The van der Waals surface area contributed by atoms with Crippen molar-refractivity contribution in [3.63, 3.8) is 0 Å². The van der Waals surface area contributed by atoms with E-state index in [2.05, 4.69) is 0 Å². The van der Waals surface area contributed by atoms with Gasteiger partial charge in [0, 0.05) is 58.7 Å². The van der Waals surface area contributed by atoms with Gasteiger partial charge < -0.3 is 19.3 Å². The molecule has 0 aromatic heterocycles. The molecule has 3 aliphatic rings. The third-order valence-electron chi connectivity index (χ3n) is 7.23. The summed E-state index contributed by atoms with van der Waals surface area (Å²) in [5, 5.41) is 0. The van der Waals surface area contributed by atoms with Crippen molar-refractivity contribution in [1.82, 2.24) is 9.80 Å². The summed E-state index contributed by atoms with van der Waals surface area (Å²) >= 11 is 0. The van der Waals surface area contributed by atoms with Gasteiger partial charge in [-0.05, 0) is 26.7 Å². The van der Waals surface area contributed by atoms with Crippen molar-refractivity contribution in [3.8, 4) is 0 Å². The first-order valence-electron chi connectivity index (χ1n) is 11.3. The number of methoxy groups -OCH3 is 2. The van der Waals surface area contributed by atoms with Crippen LogP contribution in [-0.4, -0.2) is 91.7 Å². The van der Waals surface area contributed by atoms with E-state index in [1.54, 1.807) is 25.9 Å². The van der Waals surface area contributed by atoms with Gasteiger partial charge in [-0.1, -0.05) is 0 Å². The van der Waals surface area contributed by atoms with Crippen molar-refractivity contribution in [1.29, 1.82) is 0 Å². The largest absolute Gasteiger partial charge is 0.381 e. The fourth-order valence-electron chi connectivity index (χ4n) is 5.54. The minimum absolute atomic E-state index is 0.00340. The summed E-state index contributed by atoms with van der Waals surface area (Å²) in [4.78, 5) is 29.2. The molecule has 2 amide bonds. The van der Waals surface area contributed by atoms with E-state index in [0.717, 1.165) is 0 Å². The average molecular weight is 449 g/mol. The number of nitrogens with zero attached hydrogens (tertiary/aromatic N) is 2. The molecule has 3 fully saturated rings. The summed E-state index contributed by atoms with van der Waals surface area (Å²) in [5.41, 5.74) is 0. The lowest BCUT2D eigenvalue weighted by Crippen LogP contribution is -2.63. The fraction of sp³-hybridized carbons (Fsp3) is 0.909. The normalized spacial score (nSPS) is 41.8. The summed E-state index contributed by atoms with van der Waals surface area (Å²) in [6.45, 7) is 3.99. The number of amides is 2. The Morgan fingerprint density at radius 2 is 1.29 bits per heavy atom. The monoisotopic (exact) mass is 448 g/mol. The molecule has 2 saturated carbocycles. The maximum atomic E-state index is 14.7. The van der Waals surface area contributed by atoms with E-state index in [1.807, 2.05) is 0 Å². The smallest absolute Gasteiger partial charge is 0.232 e. The minimum atomic E-state index is -1.61. The SMILES string of the molecule is COC1CCC(C(=O)N2C[C@@H](C)N(C(=O)C3C(F)CC(OC)CC3F)[C@H](C)C2)C(F)C1. The zero-order valence-corrected chi connectivity index (χ0v) is 18.8. The molecule has 0 N–H and O–H groups in total. The van der Waals surface area contributed by atoms with Crippen LogP contribution < -0.4 is 0 Å².